The molecule has 1 spiro atoms. The van der Waals surface area contributed by atoms with E-state index in [9.17, 15) is 9.18 Å². The van der Waals surface area contributed by atoms with Gasteiger partial charge in [-0.05, 0) is 37.5 Å². The molecule has 6 rings (SSSR count). The van der Waals surface area contributed by atoms with E-state index in [4.69, 9.17) is 9.47 Å². The second-order valence-electron chi connectivity index (χ2n) is 9.30. The number of nitrogens with one attached hydrogen (secondary N) is 3. The molecule has 1 aliphatic carbocycles. The van der Waals surface area contributed by atoms with E-state index in [1.54, 1.807) is 18.5 Å². The predicted octanol–water partition coefficient (Wildman–Crippen LogP) is 4.46. The molecule has 0 unspecified atom stereocenters. The van der Waals surface area contributed by atoms with Crippen molar-refractivity contribution in [3.63, 3.8) is 0 Å². The number of nitrogens with zero attached hydrogens (tertiary/aromatic N) is 1. The van der Waals surface area contributed by atoms with Crippen LogP contribution in [0.4, 0.5) is 15.8 Å². The van der Waals surface area contributed by atoms with Gasteiger partial charge in [0.25, 0.3) is 5.91 Å². The van der Waals surface area contributed by atoms with Crippen molar-refractivity contribution in [3.8, 4) is 17.0 Å². The molecule has 3 aliphatic rings. The van der Waals surface area contributed by atoms with Gasteiger partial charge in [0.2, 0.25) is 0 Å². The summed E-state index contributed by atoms with van der Waals surface area (Å²) in [7, 11) is 0. The Balaban J connectivity index is 1.49. The highest BCUT2D eigenvalue weighted by Crippen LogP contribution is 2.54. The minimum atomic E-state index is -0.269. The van der Waals surface area contributed by atoms with Crippen LogP contribution < -0.4 is 15.4 Å². The molecule has 3 N–H and O–H groups in total. The Bertz CT molecular complexity index is 1260. The number of benzene rings is 1. The highest BCUT2D eigenvalue weighted by molar-refractivity contribution is 6.07. The first-order chi connectivity index (χ1) is 16.6. The Hall–Kier alpha value is -3.39. The Morgan fingerprint density at radius 3 is 2.91 bits per heavy atom. The summed E-state index contributed by atoms with van der Waals surface area (Å²) < 4.78 is 26.2. The van der Waals surface area contributed by atoms with Gasteiger partial charge in [0, 0.05) is 53.7 Å². The highest BCUT2D eigenvalue weighted by atomic mass is 19.1. The van der Waals surface area contributed by atoms with Crippen molar-refractivity contribution in [1.82, 2.24) is 15.3 Å². The number of carbonyl (C=O) groups is 1. The lowest BCUT2D eigenvalue weighted by atomic mass is 9.93. The second kappa shape index (κ2) is 8.13. The van der Waals surface area contributed by atoms with E-state index in [0.717, 1.165) is 42.8 Å². The summed E-state index contributed by atoms with van der Waals surface area (Å²) in [6.45, 7) is 3.74. The zero-order chi connectivity index (χ0) is 23.3. The van der Waals surface area contributed by atoms with Gasteiger partial charge in [-0.2, -0.15) is 0 Å². The zero-order valence-corrected chi connectivity index (χ0v) is 19.0. The molecule has 4 heterocycles. The molecule has 1 saturated carbocycles. The fraction of sp³-hybridized carbons (Fsp3) is 0.385. The fourth-order valence-electron chi connectivity index (χ4n) is 4.93. The summed E-state index contributed by atoms with van der Waals surface area (Å²) in [6, 6.07) is 6.86. The summed E-state index contributed by atoms with van der Waals surface area (Å²) in [5.74, 6) is 0.209. The molecule has 0 bridgehead atoms. The monoisotopic (exact) mass is 462 g/mol. The summed E-state index contributed by atoms with van der Waals surface area (Å²) in [5, 5.41) is 6.48. The molecule has 2 fully saturated rings. The SMILES string of the molecule is CCc1c(F)cccc1Nc1c(-c2ccncc2OC[C@H]2CCO2)[nH]c2c1C(=O)NCC21CC1. The average molecular weight is 463 g/mol. The van der Waals surface area contributed by atoms with E-state index < -0.39 is 0 Å². The minimum Gasteiger partial charge on any atom is -0.489 e. The van der Waals surface area contributed by atoms with Crippen LogP contribution in [0.25, 0.3) is 11.3 Å². The third-order valence-corrected chi connectivity index (χ3v) is 7.20. The van der Waals surface area contributed by atoms with Crippen molar-refractivity contribution in [2.24, 2.45) is 0 Å². The third-order valence-electron chi connectivity index (χ3n) is 7.20. The van der Waals surface area contributed by atoms with Crippen LogP contribution in [0, 0.1) is 5.82 Å². The molecule has 1 saturated heterocycles. The number of anilines is 2. The van der Waals surface area contributed by atoms with Gasteiger partial charge >= 0.3 is 0 Å². The van der Waals surface area contributed by atoms with Crippen molar-refractivity contribution in [1.29, 1.82) is 0 Å². The number of carbonyl (C=O) groups excluding carboxylic acids is 1. The quantitative estimate of drug-likeness (QED) is 0.482. The summed E-state index contributed by atoms with van der Waals surface area (Å²) >= 11 is 0. The molecule has 176 valence electrons. The van der Waals surface area contributed by atoms with Gasteiger partial charge < -0.3 is 25.1 Å². The molecule has 1 amide bonds. The Morgan fingerprint density at radius 2 is 2.18 bits per heavy atom. The molecule has 7 nitrogen and oxygen atoms in total. The molecular formula is C26H27FN4O3. The van der Waals surface area contributed by atoms with Crippen molar-refractivity contribution in [3.05, 3.63) is 59.3 Å². The van der Waals surface area contributed by atoms with Crippen LogP contribution >= 0.6 is 0 Å². The number of amides is 1. The van der Waals surface area contributed by atoms with E-state index in [2.05, 4.69) is 20.6 Å². The van der Waals surface area contributed by atoms with Crippen molar-refractivity contribution < 1.29 is 18.7 Å². The van der Waals surface area contributed by atoms with Crippen molar-refractivity contribution in [2.75, 3.05) is 25.1 Å². The van der Waals surface area contributed by atoms with E-state index in [1.165, 1.54) is 6.07 Å². The number of hydrogen-bond donors (Lipinski definition) is 3. The fourth-order valence-corrected chi connectivity index (χ4v) is 4.93. The summed E-state index contributed by atoms with van der Waals surface area (Å²) in [6.07, 6.45) is 7.00. The Labute approximate surface area is 197 Å². The van der Waals surface area contributed by atoms with Crippen LogP contribution in [-0.2, 0) is 16.6 Å². The number of H-pyrrole nitrogens is 1. The molecule has 1 aromatic carbocycles. The first kappa shape index (κ1) is 21.2. The summed E-state index contributed by atoms with van der Waals surface area (Å²) in [4.78, 5) is 20.9. The maximum Gasteiger partial charge on any atom is 0.255 e. The van der Waals surface area contributed by atoms with Crippen LogP contribution in [0.2, 0.25) is 0 Å². The number of rotatable bonds is 7. The van der Waals surface area contributed by atoms with Crippen LogP contribution in [0.15, 0.2) is 36.7 Å². The normalized spacial score (nSPS) is 19.8. The van der Waals surface area contributed by atoms with Crippen LogP contribution in [0.3, 0.4) is 0 Å². The summed E-state index contributed by atoms with van der Waals surface area (Å²) in [5.41, 5.74) is 4.86. The maximum absolute atomic E-state index is 14.6. The van der Waals surface area contributed by atoms with Gasteiger partial charge in [-0.3, -0.25) is 9.78 Å². The average Bonchev–Trinajstić information content (AvgIpc) is 3.49. The molecule has 1 atom stereocenters. The lowest BCUT2D eigenvalue weighted by Crippen LogP contribution is -2.39. The molecule has 2 aliphatic heterocycles. The number of halogens is 1. The van der Waals surface area contributed by atoms with E-state index in [1.807, 2.05) is 19.1 Å². The molecule has 0 radical (unpaired) electrons. The van der Waals surface area contributed by atoms with Gasteiger partial charge in [0.05, 0.1) is 29.2 Å². The Kier molecular flexibility index (Phi) is 5.06. The van der Waals surface area contributed by atoms with Crippen molar-refractivity contribution >= 4 is 17.3 Å². The molecule has 34 heavy (non-hydrogen) atoms. The van der Waals surface area contributed by atoms with Crippen LogP contribution in [-0.4, -0.2) is 41.7 Å². The number of aromatic amines is 1. The maximum atomic E-state index is 14.6. The van der Waals surface area contributed by atoms with Gasteiger partial charge in [-0.25, -0.2) is 4.39 Å². The van der Waals surface area contributed by atoms with Gasteiger partial charge in [-0.15, -0.1) is 0 Å². The Morgan fingerprint density at radius 1 is 1.32 bits per heavy atom. The molecule has 2 aromatic heterocycles. The van der Waals surface area contributed by atoms with E-state index in [0.29, 0.717) is 47.8 Å². The minimum absolute atomic E-state index is 0.0682. The molecule has 8 heteroatoms. The number of ether oxygens (including phenoxy) is 2. The second-order valence-corrected chi connectivity index (χ2v) is 9.30. The van der Waals surface area contributed by atoms with Gasteiger partial charge in [0.15, 0.2) is 0 Å². The van der Waals surface area contributed by atoms with Crippen LogP contribution in [0.5, 0.6) is 5.75 Å². The zero-order valence-electron chi connectivity index (χ0n) is 19.0. The number of pyridine rings is 1. The van der Waals surface area contributed by atoms with Crippen molar-refractivity contribution in [2.45, 2.75) is 44.1 Å². The predicted molar refractivity (Wildman–Crippen MR) is 126 cm³/mol. The first-order valence-corrected chi connectivity index (χ1v) is 11.9. The largest absolute Gasteiger partial charge is 0.489 e. The number of fused-ring (bicyclic) bond motifs is 2. The van der Waals surface area contributed by atoms with Gasteiger partial charge in [0.1, 0.15) is 18.2 Å². The molecular weight excluding hydrogens is 435 g/mol. The topological polar surface area (TPSA) is 88.3 Å². The first-order valence-electron chi connectivity index (χ1n) is 11.9. The smallest absolute Gasteiger partial charge is 0.255 e. The molecule has 3 aromatic rings. The number of hydrogen-bond acceptors (Lipinski definition) is 5. The van der Waals surface area contributed by atoms with E-state index in [-0.39, 0.29) is 23.2 Å². The third kappa shape index (κ3) is 3.44. The lowest BCUT2D eigenvalue weighted by Gasteiger charge is -2.26. The van der Waals surface area contributed by atoms with E-state index >= 15 is 0 Å². The standard InChI is InChI=1S/C26H27FN4O3/c1-2-16-18(27)4-3-5-19(16)30-23-21-24(26(8-9-26)14-29-25(21)32)31-22(23)17-6-10-28-12-20(17)34-13-15-7-11-33-15/h3-6,10,12,15,30-31H,2,7-9,11,13-14H2,1H3,(H,29,32)/t15-/m1/s1. The highest BCUT2D eigenvalue weighted by Gasteiger charge is 2.51. The lowest BCUT2D eigenvalue weighted by molar-refractivity contribution is -0.0720. The number of aromatic nitrogens is 2. The van der Waals surface area contributed by atoms with Gasteiger partial charge in [-0.1, -0.05) is 13.0 Å². The van der Waals surface area contributed by atoms with Crippen LogP contribution in [0.1, 0.15) is 47.8 Å².